The molecule has 4 aromatic rings. The molecule has 0 atom stereocenters. The molecule has 7 heteroatoms. The lowest BCUT2D eigenvalue weighted by Gasteiger charge is -2.05. The molecule has 7 nitrogen and oxygen atoms in total. The van der Waals surface area contributed by atoms with Gasteiger partial charge in [-0.15, -0.1) is 0 Å². The van der Waals surface area contributed by atoms with Crippen molar-refractivity contribution in [2.24, 2.45) is 0 Å². The lowest BCUT2D eigenvalue weighted by molar-refractivity contribution is -0.143. The Bertz CT molecular complexity index is 1270. The first-order valence-electron chi connectivity index (χ1n) is 10.4. The molecule has 0 unspecified atom stereocenters. The van der Waals surface area contributed by atoms with Crippen molar-refractivity contribution in [3.05, 3.63) is 96.4 Å². The van der Waals surface area contributed by atoms with E-state index in [1.54, 1.807) is 24.3 Å². The number of benzene rings is 3. The number of hydrogen-bond acceptors (Lipinski definition) is 6. The average Bonchev–Trinajstić information content (AvgIpc) is 3.32. The SMILES string of the molecule is COC(=O)COc1cccc(/C=C(\C(=O)O)c2nc(-c3ccccc3)c(-c3ccccc3)o2)c1. The van der Waals surface area contributed by atoms with Crippen molar-refractivity contribution < 1.29 is 28.6 Å². The highest BCUT2D eigenvalue weighted by molar-refractivity contribution is 6.19. The van der Waals surface area contributed by atoms with Crippen molar-refractivity contribution in [2.75, 3.05) is 13.7 Å². The summed E-state index contributed by atoms with van der Waals surface area (Å²) < 4.78 is 16.0. The van der Waals surface area contributed by atoms with E-state index in [0.717, 1.165) is 11.1 Å². The molecule has 0 radical (unpaired) electrons. The quantitative estimate of drug-likeness (QED) is 0.288. The summed E-state index contributed by atoms with van der Waals surface area (Å²) >= 11 is 0. The van der Waals surface area contributed by atoms with E-state index in [9.17, 15) is 14.7 Å². The minimum atomic E-state index is -1.19. The predicted molar refractivity (Wildman–Crippen MR) is 127 cm³/mol. The van der Waals surface area contributed by atoms with Gasteiger partial charge in [-0.3, -0.25) is 0 Å². The largest absolute Gasteiger partial charge is 0.482 e. The minimum absolute atomic E-state index is 0.0221. The van der Waals surface area contributed by atoms with E-state index in [-0.39, 0.29) is 18.1 Å². The molecule has 3 aromatic carbocycles. The Balaban J connectivity index is 1.76. The average molecular weight is 455 g/mol. The van der Waals surface area contributed by atoms with Gasteiger partial charge < -0.3 is 19.0 Å². The fraction of sp³-hybridized carbons (Fsp3) is 0.0741. The van der Waals surface area contributed by atoms with Crippen molar-refractivity contribution in [1.29, 1.82) is 0 Å². The van der Waals surface area contributed by atoms with Crippen LogP contribution in [0.5, 0.6) is 5.75 Å². The number of aromatic nitrogens is 1. The summed E-state index contributed by atoms with van der Waals surface area (Å²) in [6.45, 7) is -0.254. The van der Waals surface area contributed by atoms with E-state index in [1.165, 1.54) is 13.2 Å². The molecule has 1 aromatic heterocycles. The van der Waals surface area contributed by atoms with Gasteiger partial charge in [-0.1, -0.05) is 72.8 Å². The summed E-state index contributed by atoms with van der Waals surface area (Å²) in [5.41, 5.74) is 2.55. The number of carbonyl (C=O) groups is 2. The lowest BCUT2D eigenvalue weighted by Crippen LogP contribution is -2.12. The first kappa shape index (κ1) is 22.5. The first-order valence-corrected chi connectivity index (χ1v) is 10.4. The van der Waals surface area contributed by atoms with Gasteiger partial charge in [-0.2, -0.15) is 0 Å². The number of nitrogens with zero attached hydrogens (tertiary/aromatic N) is 1. The van der Waals surface area contributed by atoms with E-state index in [1.807, 2.05) is 60.7 Å². The number of methoxy groups -OCH3 is 1. The molecule has 0 aliphatic carbocycles. The molecule has 0 spiro atoms. The normalized spacial score (nSPS) is 11.1. The van der Waals surface area contributed by atoms with E-state index in [0.29, 0.717) is 22.8 Å². The molecule has 0 aliphatic rings. The zero-order valence-electron chi connectivity index (χ0n) is 18.3. The highest BCUT2D eigenvalue weighted by Crippen LogP contribution is 2.35. The lowest BCUT2D eigenvalue weighted by atomic mass is 10.1. The highest BCUT2D eigenvalue weighted by Gasteiger charge is 2.23. The highest BCUT2D eigenvalue weighted by atomic mass is 16.6. The van der Waals surface area contributed by atoms with Crippen LogP contribution in [-0.4, -0.2) is 35.7 Å². The maximum atomic E-state index is 12.2. The third-order valence-corrected chi connectivity index (χ3v) is 4.92. The van der Waals surface area contributed by atoms with Crippen LogP contribution in [0, 0.1) is 0 Å². The Morgan fingerprint density at radius 3 is 2.26 bits per heavy atom. The van der Waals surface area contributed by atoms with Gasteiger partial charge in [0.15, 0.2) is 12.4 Å². The summed E-state index contributed by atoms with van der Waals surface area (Å²) in [6.07, 6.45) is 1.45. The van der Waals surface area contributed by atoms with Crippen LogP contribution in [0.3, 0.4) is 0 Å². The Morgan fingerprint density at radius 1 is 0.941 bits per heavy atom. The van der Waals surface area contributed by atoms with Crippen LogP contribution in [0.15, 0.2) is 89.3 Å². The van der Waals surface area contributed by atoms with Gasteiger partial charge in [-0.05, 0) is 23.8 Å². The zero-order valence-corrected chi connectivity index (χ0v) is 18.3. The molecular weight excluding hydrogens is 434 g/mol. The summed E-state index contributed by atoms with van der Waals surface area (Å²) in [6, 6.07) is 25.5. The summed E-state index contributed by atoms with van der Waals surface area (Å²) in [5.74, 6) is -0.864. The van der Waals surface area contributed by atoms with Gasteiger partial charge in [0.2, 0.25) is 5.89 Å². The Labute approximate surface area is 195 Å². The summed E-state index contributed by atoms with van der Waals surface area (Å²) in [7, 11) is 1.27. The zero-order chi connectivity index (χ0) is 23.9. The number of carboxylic acid groups (broad SMARTS) is 1. The van der Waals surface area contributed by atoms with Crippen LogP contribution < -0.4 is 4.74 Å². The van der Waals surface area contributed by atoms with Crippen molar-refractivity contribution in [3.8, 4) is 28.3 Å². The van der Waals surface area contributed by atoms with Gasteiger partial charge in [-0.25, -0.2) is 14.6 Å². The van der Waals surface area contributed by atoms with Crippen molar-refractivity contribution in [1.82, 2.24) is 4.98 Å². The number of esters is 1. The Morgan fingerprint density at radius 2 is 1.62 bits per heavy atom. The molecule has 0 saturated heterocycles. The molecule has 0 aliphatic heterocycles. The molecule has 0 saturated carbocycles. The summed E-state index contributed by atoms with van der Waals surface area (Å²) in [4.78, 5) is 28.1. The van der Waals surface area contributed by atoms with Crippen molar-refractivity contribution in [3.63, 3.8) is 0 Å². The second kappa shape index (κ2) is 10.3. The second-order valence-corrected chi connectivity index (χ2v) is 7.23. The molecule has 1 heterocycles. The van der Waals surface area contributed by atoms with E-state index < -0.39 is 11.9 Å². The maximum absolute atomic E-state index is 12.2. The minimum Gasteiger partial charge on any atom is -0.482 e. The van der Waals surface area contributed by atoms with E-state index >= 15 is 0 Å². The third-order valence-electron chi connectivity index (χ3n) is 4.92. The smallest absolute Gasteiger partial charge is 0.343 e. The summed E-state index contributed by atoms with van der Waals surface area (Å²) in [5, 5.41) is 9.95. The van der Waals surface area contributed by atoms with Gasteiger partial charge in [0.25, 0.3) is 0 Å². The van der Waals surface area contributed by atoms with Crippen LogP contribution in [0.1, 0.15) is 11.5 Å². The van der Waals surface area contributed by atoms with Gasteiger partial charge in [0, 0.05) is 11.1 Å². The fourth-order valence-corrected chi connectivity index (χ4v) is 3.29. The van der Waals surface area contributed by atoms with Crippen LogP contribution in [0.25, 0.3) is 34.2 Å². The number of ether oxygens (including phenoxy) is 2. The molecule has 34 heavy (non-hydrogen) atoms. The number of oxazole rings is 1. The Kier molecular flexibility index (Phi) is 6.84. The van der Waals surface area contributed by atoms with Crippen LogP contribution >= 0.6 is 0 Å². The standard InChI is InChI=1S/C27H21NO6/c1-32-23(29)17-33-21-14-8-9-18(15-21)16-22(27(30)31)26-28-24(19-10-4-2-5-11-19)25(34-26)20-12-6-3-7-13-20/h2-16H,17H2,1H3,(H,30,31)/b22-16-. The first-order chi connectivity index (χ1) is 16.5. The topological polar surface area (TPSA) is 98.9 Å². The van der Waals surface area contributed by atoms with Crippen LogP contribution in [0.2, 0.25) is 0 Å². The number of hydrogen-bond donors (Lipinski definition) is 1. The molecule has 0 bridgehead atoms. The molecule has 4 rings (SSSR count). The van der Waals surface area contributed by atoms with E-state index in [2.05, 4.69) is 9.72 Å². The molecule has 170 valence electrons. The van der Waals surface area contributed by atoms with Gasteiger partial charge in [0.1, 0.15) is 17.0 Å². The van der Waals surface area contributed by atoms with Gasteiger partial charge in [0.05, 0.1) is 7.11 Å². The second-order valence-electron chi connectivity index (χ2n) is 7.23. The molecular formula is C27H21NO6. The van der Waals surface area contributed by atoms with Crippen molar-refractivity contribution >= 4 is 23.6 Å². The predicted octanol–water partition coefficient (Wildman–Crippen LogP) is 5.19. The number of carboxylic acids is 1. The van der Waals surface area contributed by atoms with Crippen LogP contribution in [0.4, 0.5) is 0 Å². The van der Waals surface area contributed by atoms with Crippen LogP contribution in [-0.2, 0) is 14.3 Å². The maximum Gasteiger partial charge on any atom is 0.343 e. The van der Waals surface area contributed by atoms with Crippen molar-refractivity contribution in [2.45, 2.75) is 0 Å². The van der Waals surface area contributed by atoms with Gasteiger partial charge >= 0.3 is 11.9 Å². The fourth-order valence-electron chi connectivity index (χ4n) is 3.29. The number of aliphatic carboxylic acids is 1. The number of carbonyl (C=O) groups excluding carboxylic acids is 1. The monoisotopic (exact) mass is 455 g/mol. The Hall–Kier alpha value is -4.65. The number of rotatable bonds is 8. The molecule has 0 amide bonds. The third kappa shape index (κ3) is 5.21. The van der Waals surface area contributed by atoms with E-state index in [4.69, 9.17) is 9.15 Å². The molecule has 1 N–H and O–H groups in total. The molecule has 0 fully saturated rings.